The number of aromatic nitrogens is 5. The topological polar surface area (TPSA) is 81.0 Å². The van der Waals surface area contributed by atoms with Crippen LogP contribution >= 0.6 is 0 Å². The Morgan fingerprint density at radius 1 is 1.09 bits per heavy atom. The molecule has 2 aliphatic rings. The number of pyridine rings is 1. The third-order valence-electron chi connectivity index (χ3n) is 6.90. The van der Waals surface area contributed by atoms with Gasteiger partial charge >= 0.3 is 6.01 Å². The summed E-state index contributed by atoms with van der Waals surface area (Å²) in [6.45, 7) is 7.97. The van der Waals surface area contributed by atoms with Crippen molar-refractivity contribution < 1.29 is 9.13 Å². The lowest BCUT2D eigenvalue weighted by Crippen LogP contribution is -2.42. The molecule has 3 aromatic heterocycles. The number of likely N-dealkylation sites (tertiary alicyclic amines) is 1. The lowest BCUT2D eigenvalue weighted by molar-refractivity contribution is 0.218. The summed E-state index contributed by atoms with van der Waals surface area (Å²) in [5.74, 6) is 0.191. The highest BCUT2D eigenvalue weighted by Gasteiger charge is 2.37. The van der Waals surface area contributed by atoms with Gasteiger partial charge in [-0.05, 0) is 37.5 Å². The van der Waals surface area contributed by atoms with Crippen molar-refractivity contribution in [3.8, 4) is 17.4 Å². The molecule has 0 unspecified atom stereocenters. The van der Waals surface area contributed by atoms with Gasteiger partial charge in [0.1, 0.15) is 17.2 Å². The third-order valence-corrected chi connectivity index (χ3v) is 6.90. The fourth-order valence-corrected chi connectivity index (χ4v) is 5.22. The van der Waals surface area contributed by atoms with Crippen molar-refractivity contribution in [3.63, 3.8) is 0 Å². The third kappa shape index (κ3) is 4.26. The first-order valence-corrected chi connectivity index (χ1v) is 12.1. The summed E-state index contributed by atoms with van der Waals surface area (Å²) < 4.78 is 21.6. The maximum absolute atomic E-state index is 14.0. The zero-order valence-corrected chi connectivity index (χ0v) is 19.9. The summed E-state index contributed by atoms with van der Waals surface area (Å²) in [7, 11) is 0. The van der Waals surface area contributed by atoms with E-state index in [1.165, 1.54) is 24.2 Å². The predicted molar refractivity (Wildman–Crippen MR) is 131 cm³/mol. The summed E-state index contributed by atoms with van der Waals surface area (Å²) in [6, 6.07) is 11.8. The molecule has 0 radical (unpaired) electrons. The first-order valence-electron chi connectivity index (χ1n) is 12.1. The van der Waals surface area contributed by atoms with E-state index in [2.05, 4.69) is 49.4 Å². The van der Waals surface area contributed by atoms with Crippen molar-refractivity contribution in [3.05, 3.63) is 65.4 Å². The smallest absolute Gasteiger partial charge is 0.318 e. The zero-order valence-electron chi connectivity index (χ0n) is 19.9. The number of rotatable bonds is 7. The summed E-state index contributed by atoms with van der Waals surface area (Å²) in [5.41, 5.74) is 5.05. The van der Waals surface area contributed by atoms with Crippen molar-refractivity contribution in [2.45, 2.75) is 45.4 Å². The molecule has 0 aliphatic carbocycles. The lowest BCUT2D eigenvalue weighted by atomic mass is 10.1. The fraction of sp³-hybridized carbons (Fsp3) is 0.385. The summed E-state index contributed by atoms with van der Waals surface area (Å²) in [4.78, 5) is 20.5. The van der Waals surface area contributed by atoms with Crippen molar-refractivity contribution >= 4 is 11.2 Å². The number of benzene rings is 1. The molecule has 4 aromatic rings. The number of ether oxygens (including phenoxy) is 1. The van der Waals surface area contributed by atoms with E-state index in [-0.39, 0.29) is 0 Å². The quantitative estimate of drug-likeness (QED) is 0.441. The van der Waals surface area contributed by atoms with Crippen LogP contribution in [0, 0.1) is 12.7 Å². The van der Waals surface area contributed by atoms with Crippen LogP contribution in [-0.4, -0.2) is 61.2 Å². The maximum atomic E-state index is 14.0. The number of piperazine rings is 1. The maximum Gasteiger partial charge on any atom is 0.318 e. The van der Waals surface area contributed by atoms with Crippen LogP contribution in [0.25, 0.3) is 22.6 Å². The molecule has 35 heavy (non-hydrogen) atoms. The number of nitrogens with one attached hydrogen (secondary N) is 1. The van der Waals surface area contributed by atoms with Gasteiger partial charge in [0.25, 0.3) is 0 Å². The second kappa shape index (κ2) is 8.98. The van der Waals surface area contributed by atoms with Crippen LogP contribution in [0.5, 0.6) is 6.01 Å². The van der Waals surface area contributed by atoms with Crippen molar-refractivity contribution in [2.75, 3.05) is 19.7 Å². The minimum Gasteiger partial charge on any atom is -0.464 e. The average Bonchev–Trinajstić information content (AvgIpc) is 3.56. The molecule has 180 valence electrons. The van der Waals surface area contributed by atoms with E-state index in [4.69, 9.17) is 9.72 Å². The molecule has 1 N–H and O–H groups in total. The summed E-state index contributed by atoms with van der Waals surface area (Å²) in [5, 5.41) is 3.56. The Labute approximate surface area is 203 Å². The van der Waals surface area contributed by atoms with Crippen LogP contribution in [0.4, 0.5) is 4.39 Å². The predicted octanol–water partition coefficient (Wildman–Crippen LogP) is 3.33. The van der Waals surface area contributed by atoms with Gasteiger partial charge < -0.3 is 14.6 Å². The Kier molecular flexibility index (Phi) is 5.66. The van der Waals surface area contributed by atoms with Gasteiger partial charge in [-0.1, -0.05) is 24.3 Å². The fourth-order valence-electron chi connectivity index (χ4n) is 5.22. The van der Waals surface area contributed by atoms with Gasteiger partial charge in [0.15, 0.2) is 5.65 Å². The van der Waals surface area contributed by atoms with E-state index in [0.29, 0.717) is 59.5 Å². The molecule has 8 nitrogen and oxygen atoms in total. The first-order chi connectivity index (χ1) is 17.1. The first kappa shape index (κ1) is 22.1. The van der Waals surface area contributed by atoms with E-state index in [1.54, 1.807) is 6.20 Å². The molecule has 5 heterocycles. The van der Waals surface area contributed by atoms with Gasteiger partial charge in [-0.3, -0.25) is 9.88 Å². The molecule has 2 saturated heterocycles. The molecule has 6 rings (SSSR count). The zero-order chi connectivity index (χ0) is 23.9. The van der Waals surface area contributed by atoms with Crippen LogP contribution in [0.3, 0.4) is 0 Å². The number of fused-ring (bicyclic) bond motifs is 3. The highest BCUT2D eigenvalue weighted by molar-refractivity contribution is 5.79. The van der Waals surface area contributed by atoms with E-state index in [9.17, 15) is 4.39 Å². The number of nitrogens with zero attached hydrogens (tertiary/aromatic N) is 6. The van der Waals surface area contributed by atoms with Crippen molar-refractivity contribution in [1.29, 1.82) is 0 Å². The number of aryl methyl sites for hydroxylation is 1. The standard InChI is InChI=1S/C26H28FN7O/c1-3-35-26-30-16(2)23-25(32-26)34(24(31-23)19-8-20(27)11-28-10-19)14-18-6-4-17(5-7-18)13-33-15-21-9-22(33)12-29-21/h4-8,10-11,21-22,29H,3,9,12-15H2,1-2H3/t21-,22-/m0/s1. The summed E-state index contributed by atoms with van der Waals surface area (Å²) in [6.07, 6.45) is 4.07. The molecule has 9 heteroatoms. The van der Waals surface area contributed by atoms with Crippen LogP contribution in [0.2, 0.25) is 0 Å². The van der Waals surface area contributed by atoms with Crippen LogP contribution in [0.1, 0.15) is 30.2 Å². The van der Waals surface area contributed by atoms with E-state index < -0.39 is 5.82 Å². The van der Waals surface area contributed by atoms with Gasteiger partial charge in [-0.25, -0.2) is 9.37 Å². The van der Waals surface area contributed by atoms with Gasteiger partial charge in [0.2, 0.25) is 0 Å². The molecule has 2 atom stereocenters. The summed E-state index contributed by atoms with van der Waals surface area (Å²) >= 11 is 0. The molecular formula is C26H28FN7O. The normalized spacial score (nSPS) is 19.6. The number of hydrogen-bond donors (Lipinski definition) is 1. The SMILES string of the molecule is CCOc1nc(C)c2nc(-c3cncc(F)c3)n(Cc3ccc(CN4C[C@@H]5C[C@H]4CN5)cc3)c2n1. The van der Waals surface area contributed by atoms with Gasteiger partial charge in [-0.2, -0.15) is 9.97 Å². The molecule has 1 aromatic carbocycles. The minimum absolute atomic E-state index is 0.312. The Morgan fingerprint density at radius 2 is 1.89 bits per heavy atom. The Hall–Kier alpha value is -3.43. The number of hydrogen-bond acceptors (Lipinski definition) is 7. The van der Waals surface area contributed by atoms with E-state index in [0.717, 1.165) is 25.2 Å². The van der Waals surface area contributed by atoms with Gasteiger partial charge in [-0.15, -0.1) is 0 Å². The Morgan fingerprint density at radius 3 is 2.57 bits per heavy atom. The highest BCUT2D eigenvalue weighted by atomic mass is 19.1. The van der Waals surface area contributed by atoms with E-state index >= 15 is 0 Å². The molecular weight excluding hydrogens is 445 g/mol. The Bertz CT molecular complexity index is 1370. The number of halogens is 1. The van der Waals surface area contributed by atoms with Crippen molar-refractivity contribution in [2.24, 2.45) is 0 Å². The molecule has 0 spiro atoms. The van der Waals surface area contributed by atoms with Gasteiger partial charge in [0, 0.05) is 43.5 Å². The van der Waals surface area contributed by atoms with Crippen LogP contribution in [-0.2, 0) is 13.1 Å². The van der Waals surface area contributed by atoms with E-state index in [1.807, 2.05) is 18.4 Å². The lowest BCUT2D eigenvalue weighted by Gasteiger charge is -2.27. The monoisotopic (exact) mass is 473 g/mol. The van der Waals surface area contributed by atoms with Crippen molar-refractivity contribution in [1.82, 2.24) is 34.7 Å². The van der Waals surface area contributed by atoms with Crippen LogP contribution in [0.15, 0.2) is 42.7 Å². The second-order valence-electron chi connectivity index (χ2n) is 9.35. The number of imidazole rings is 1. The van der Waals surface area contributed by atoms with Crippen LogP contribution < -0.4 is 10.1 Å². The Balaban J connectivity index is 1.34. The minimum atomic E-state index is -0.408. The average molecular weight is 474 g/mol. The molecule has 2 fully saturated rings. The molecule has 0 saturated carbocycles. The molecule has 0 amide bonds. The highest BCUT2D eigenvalue weighted by Crippen LogP contribution is 2.28. The second-order valence-corrected chi connectivity index (χ2v) is 9.35. The van der Waals surface area contributed by atoms with Gasteiger partial charge in [0.05, 0.1) is 25.0 Å². The largest absolute Gasteiger partial charge is 0.464 e. The molecule has 2 aliphatic heterocycles. The molecule has 2 bridgehead atoms.